The van der Waals surface area contributed by atoms with E-state index in [0.29, 0.717) is 0 Å². The Morgan fingerprint density at radius 3 is 2.29 bits per heavy atom. The first-order chi connectivity index (χ1) is 10.2. The Balaban J connectivity index is 2.08. The van der Waals surface area contributed by atoms with Gasteiger partial charge in [0, 0.05) is 16.9 Å². The molecule has 0 N–H and O–H groups in total. The molecule has 1 aromatic rings. The summed E-state index contributed by atoms with van der Waals surface area (Å²) in [4.78, 5) is 4.47. The number of hydrogen-bond donors (Lipinski definition) is 0. The molecule has 0 amide bonds. The molecule has 21 heavy (non-hydrogen) atoms. The normalized spacial score (nSPS) is 14.4. The zero-order chi connectivity index (χ0) is 15.2. The van der Waals surface area contributed by atoms with Crippen molar-refractivity contribution in [2.24, 2.45) is 0 Å². The summed E-state index contributed by atoms with van der Waals surface area (Å²) < 4.78 is 0. The molecule has 1 aliphatic rings. The predicted molar refractivity (Wildman–Crippen MR) is 91.5 cm³/mol. The first kappa shape index (κ1) is 15.5. The molecule has 0 atom stereocenters. The van der Waals surface area contributed by atoms with Crippen LogP contribution < -0.4 is 9.62 Å². The Kier molecular flexibility index (Phi) is 5.33. The molecule has 0 radical (unpaired) electrons. The van der Waals surface area contributed by atoms with Gasteiger partial charge in [-0.25, -0.2) is 0 Å². The van der Waals surface area contributed by atoms with Crippen molar-refractivity contribution in [2.45, 2.75) is 39.0 Å². The summed E-state index contributed by atoms with van der Waals surface area (Å²) in [5.41, 5.74) is 3.36. The van der Waals surface area contributed by atoms with Crippen LogP contribution in [0.15, 0.2) is 35.8 Å². The summed E-state index contributed by atoms with van der Waals surface area (Å²) in [7, 11) is 4.19. The van der Waals surface area contributed by atoms with Gasteiger partial charge in [-0.05, 0) is 39.1 Å². The van der Waals surface area contributed by atoms with E-state index < -0.39 is 0 Å². The van der Waals surface area contributed by atoms with Gasteiger partial charge in [0.25, 0.3) is 0 Å². The molecule has 0 spiro atoms. The van der Waals surface area contributed by atoms with Crippen LogP contribution in [-0.2, 0) is 0 Å². The predicted octanol–water partition coefficient (Wildman–Crippen LogP) is 4.02. The van der Waals surface area contributed by atoms with E-state index >= 15 is 0 Å². The van der Waals surface area contributed by atoms with Crippen LogP contribution in [0, 0.1) is 11.3 Å². The summed E-state index contributed by atoms with van der Waals surface area (Å²) in [6, 6.07) is 10.8. The Morgan fingerprint density at radius 1 is 1.14 bits per heavy atom. The lowest BCUT2D eigenvalue weighted by Gasteiger charge is -2.20. The molecular formula is C17H24BN3. The minimum atomic E-state index is 0.142. The maximum Gasteiger partial charge on any atom is 0.404 e. The number of benzene rings is 1. The highest BCUT2D eigenvalue weighted by Crippen LogP contribution is 2.36. The van der Waals surface area contributed by atoms with Crippen molar-refractivity contribution in [2.75, 3.05) is 23.7 Å². The summed E-state index contributed by atoms with van der Waals surface area (Å²) >= 11 is 0. The molecule has 0 saturated carbocycles. The van der Waals surface area contributed by atoms with E-state index in [4.69, 9.17) is 0 Å². The average molecular weight is 281 g/mol. The average Bonchev–Trinajstić information content (AvgIpc) is 2.75. The van der Waals surface area contributed by atoms with Gasteiger partial charge in [-0.1, -0.05) is 44.3 Å². The number of nitrogens with zero attached hydrogens (tertiary/aromatic N) is 3. The maximum absolute atomic E-state index is 9.38. The third-order valence-electron chi connectivity index (χ3n) is 4.23. The van der Waals surface area contributed by atoms with Crippen molar-refractivity contribution in [3.8, 4) is 6.07 Å². The number of hydrogen-bond acceptors (Lipinski definition) is 3. The van der Waals surface area contributed by atoms with Crippen molar-refractivity contribution in [1.82, 2.24) is 0 Å². The molecule has 0 unspecified atom stereocenters. The van der Waals surface area contributed by atoms with Crippen molar-refractivity contribution >= 4 is 18.4 Å². The zero-order valence-corrected chi connectivity index (χ0v) is 13.3. The fourth-order valence-corrected chi connectivity index (χ4v) is 2.93. The molecule has 0 aliphatic carbocycles. The van der Waals surface area contributed by atoms with Gasteiger partial charge in [0.1, 0.15) is 0 Å². The molecule has 1 aromatic carbocycles. The number of fused-ring (bicyclic) bond motifs is 1. The smallest absolute Gasteiger partial charge is 0.394 e. The molecule has 2 rings (SSSR count). The Bertz CT molecular complexity index is 518. The van der Waals surface area contributed by atoms with Gasteiger partial charge < -0.3 is 9.62 Å². The topological polar surface area (TPSA) is 30.3 Å². The van der Waals surface area contributed by atoms with Crippen molar-refractivity contribution in [1.29, 1.82) is 5.26 Å². The van der Waals surface area contributed by atoms with Crippen LogP contribution in [-0.4, -0.2) is 21.1 Å². The second kappa shape index (κ2) is 7.22. The minimum absolute atomic E-state index is 0.142. The lowest BCUT2D eigenvalue weighted by Crippen LogP contribution is -2.43. The van der Waals surface area contributed by atoms with Gasteiger partial charge in [0.05, 0.1) is 6.07 Å². The van der Waals surface area contributed by atoms with E-state index in [2.05, 4.69) is 67.0 Å². The number of unbranched alkanes of at least 4 members (excludes halogenated alkanes) is 3. The number of allylic oxidation sites excluding steroid dienone is 1. The van der Waals surface area contributed by atoms with Gasteiger partial charge in [0.2, 0.25) is 0 Å². The van der Waals surface area contributed by atoms with Crippen LogP contribution in [0.4, 0.5) is 11.4 Å². The monoisotopic (exact) mass is 281 g/mol. The van der Waals surface area contributed by atoms with E-state index in [9.17, 15) is 5.26 Å². The number of rotatable bonds is 6. The third kappa shape index (κ3) is 3.42. The maximum atomic E-state index is 9.38. The van der Waals surface area contributed by atoms with Gasteiger partial charge in [-0.3, -0.25) is 0 Å². The molecule has 4 heteroatoms. The van der Waals surface area contributed by atoms with Crippen LogP contribution in [0.2, 0.25) is 0 Å². The molecule has 0 saturated heterocycles. The van der Waals surface area contributed by atoms with Crippen LogP contribution in [0.5, 0.6) is 0 Å². The fourth-order valence-electron chi connectivity index (χ4n) is 2.93. The molecule has 0 bridgehead atoms. The van der Waals surface area contributed by atoms with Crippen molar-refractivity contribution in [3.05, 3.63) is 35.8 Å². The standard InChI is InChI=1S/C17H24BN3/c1-4-5-6-7-10-15(14-19)13-18-20(2)16-11-8-9-12-17(16)21(18)3/h8-9,11-13H,4-7,10H2,1-3H3/b15-13+. The highest BCUT2D eigenvalue weighted by atomic mass is 15.3. The van der Waals surface area contributed by atoms with Crippen LogP contribution in [0.1, 0.15) is 39.0 Å². The largest absolute Gasteiger partial charge is 0.404 e. The quantitative estimate of drug-likeness (QED) is 0.448. The summed E-state index contributed by atoms with van der Waals surface area (Å²) in [6.07, 6.45) is 5.71. The summed E-state index contributed by atoms with van der Waals surface area (Å²) in [5, 5.41) is 9.38. The zero-order valence-electron chi connectivity index (χ0n) is 13.3. The molecule has 110 valence electrons. The van der Waals surface area contributed by atoms with E-state index in [-0.39, 0.29) is 6.98 Å². The van der Waals surface area contributed by atoms with E-state index in [0.717, 1.165) is 18.4 Å². The molecule has 1 heterocycles. The van der Waals surface area contributed by atoms with Crippen molar-refractivity contribution < 1.29 is 0 Å². The molecule has 0 aromatic heterocycles. The summed E-state index contributed by atoms with van der Waals surface area (Å²) in [6.45, 7) is 2.35. The third-order valence-corrected chi connectivity index (χ3v) is 4.23. The highest BCUT2D eigenvalue weighted by molar-refractivity contribution is 6.74. The molecular weight excluding hydrogens is 257 g/mol. The lowest BCUT2D eigenvalue weighted by molar-refractivity contribution is 0.669. The number of nitriles is 1. The Hall–Kier alpha value is -1.89. The molecule has 1 aliphatic heterocycles. The van der Waals surface area contributed by atoms with Crippen LogP contribution in [0.3, 0.4) is 0 Å². The SMILES string of the molecule is CCCCCC/C(C#N)=C\B1N(C)c2ccccc2N1C. The molecule has 0 fully saturated rings. The minimum Gasteiger partial charge on any atom is -0.394 e. The summed E-state index contributed by atoms with van der Waals surface area (Å²) in [5.74, 6) is 2.12. The van der Waals surface area contributed by atoms with Gasteiger partial charge >= 0.3 is 6.98 Å². The molecule has 3 nitrogen and oxygen atoms in total. The van der Waals surface area contributed by atoms with E-state index in [1.165, 1.54) is 30.6 Å². The van der Waals surface area contributed by atoms with Gasteiger partial charge in [-0.15, -0.1) is 0 Å². The fraction of sp³-hybridized carbons (Fsp3) is 0.471. The number of anilines is 2. The van der Waals surface area contributed by atoms with Crippen molar-refractivity contribution in [3.63, 3.8) is 0 Å². The highest BCUT2D eigenvalue weighted by Gasteiger charge is 2.34. The van der Waals surface area contributed by atoms with Gasteiger partial charge in [0.15, 0.2) is 0 Å². The Labute approximate surface area is 129 Å². The lowest BCUT2D eigenvalue weighted by atomic mass is 9.72. The van der Waals surface area contributed by atoms with Crippen LogP contribution in [0.25, 0.3) is 0 Å². The second-order valence-corrected chi connectivity index (χ2v) is 5.74. The first-order valence-electron chi connectivity index (χ1n) is 7.84. The van der Waals surface area contributed by atoms with E-state index in [1.807, 2.05) is 0 Å². The second-order valence-electron chi connectivity index (χ2n) is 5.74. The first-order valence-corrected chi connectivity index (χ1v) is 7.84. The van der Waals surface area contributed by atoms with E-state index in [1.54, 1.807) is 0 Å². The Morgan fingerprint density at radius 2 is 1.76 bits per heavy atom. The van der Waals surface area contributed by atoms with Crippen LogP contribution >= 0.6 is 0 Å². The number of para-hydroxylation sites is 2. The van der Waals surface area contributed by atoms with Gasteiger partial charge in [-0.2, -0.15) is 5.26 Å².